The lowest BCUT2D eigenvalue weighted by Crippen LogP contribution is -2.39. The molecule has 1 aromatic rings. The van der Waals surface area contributed by atoms with Crippen LogP contribution in [0.5, 0.6) is 0 Å². The van der Waals surface area contributed by atoms with Gasteiger partial charge in [-0.2, -0.15) is 0 Å². The molecule has 2 amide bonds. The summed E-state index contributed by atoms with van der Waals surface area (Å²) in [7, 11) is 1.27. The van der Waals surface area contributed by atoms with Crippen molar-refractivity contribution in [2.45, 2.75) is 50.6 Å². The molecular weight excluding hydrogens is 346 g/mol. The van der Waals surface area contributed by atoms with Gasteiger partial charge < -0.3 is 20.7 Å². The van der Waals surface area contributed by atoms with Crippen molar-refractivity contribution in [3.05, 3.63) is 29.8 Å². The fraction of sp³-hybridized carbons (Fsp3) is 0.550. The summed E-state index contributed by atoms with van der Waals surface area (Å²) in [6, 6.07) is 7.55. The molecule has 1 aliphatic heterocycles. The van der Waals surface area contributed by atoms with Gasteiger partial charge in [0.15, 0.2) is 0 Å². The Labute approximate surface area is 159 Å². The fourth-order valence-electron chi connectivity index (χ4n) is 3.95. The predicted octanol–water partition coefficient (Wildman–Crippen LogP) is 1.38. The van der Waals surface area contributed by atoms with Gasteiger partial charge in [0.1, 0.15) is 6.54 Å². The fourth-order valence-corrected chi connectivity index (χ4v) is 3.95. The average molecular weight is 373 g/mol. The monoisotopic (exact) mass is 373 g/mol. The molecule has 1 saturated heterocycles. The minimum atomic E-state index is -0.484. The van der Waals surface area contributed by atoms with E-state index in [9.17, 15) is 14.4 Å². The summed E-state index contributed by atoms with van der Waals surface area (Å²) in [6.07, 6.45) is 5.98. The van der Waals surface area contributed by atoms with Crippen molar-refractivity contribution in [1.29, 1.82) is 0 Å². The van der Waals surface area contributed by atoms with Crippen LogP contribution in [0.15, 0.2) is 24.3 Å². The number of hydrogen-bond donors (Lipinski definition) is 3. The lowest BCUT2D eigenvalue weighted by Gasteiger charge is -2.24. The minimum absolute atomic E-state index is 0.00738. The number of anilines is 1. The highest BCUT2D eigenvalue weighted by Gasteiger charge is 2.38. The summed E-state index contributed by atoms with van der Waals surface area (Å²) in [5.74, 6) is -0.106. The first-order valence-corrected chi connectivity index (χ1v) is 9.54. The zero-order valence-corrected chi connectivity index (χ0v) is 15.6. The molecule has 1 aliphatic carbocycles. The maximum Gasteiger partial charge on any atom is 0.325 e. The quantitative estimate of drug-likeness (QED) is 0.655. The van der Waals surface area contributed by atoms with Gasteiger partial charge in [-0.25, -0.2) is 0 Å². The van der Waals surface area contributed by atoms with Crippen LogP contribution in [0.1, 0.15) is 37.7 Å². The van der Waals surface area contributed by atoms with Gasteiger partial charge in [0, 0.05) is 11.7 Å². The van der Waals surface area contributed by atoms with E-state index in [0.717, 1.165) is 17.7 Å². The Morgan fingerprint density at radius 1 is 1.15 bits per heavy atom. The molecule has 0 radical (unpaired) electrons. The standard InChI is InChI=1S/C20H27N3O4/c1-27-19(25)12-21-18(24)10-13-6-8-15(9-7-13)22-20(26)17-11-14-4-2-3-5-16(14)23-17/h6-9,14,16-17,23H,2-5,10-12H2,1H3,(H,21,24)(H,22,26). The summed E-state index contributed by atoms with van der Waals surface area (Å²) < 4.78 is 4.48. The number of hydrogen-bond acceptors (Lipinski definition) is 5. The normalized spacial score (nSPS) is 24.0. The molecule has 0 spiro atoms. The topological polar surface area (TPSA) is 96.5 Å². The van der Waals surface area contributed by atoms with Crippen LogP contribution in [0.25, 0.3) is 0 Å². The minimum Gasteiger partial charge on any atom is -0.468 e. The number of ether oxygens (including phenoxy) is 1. The summed E-state index contributed by atoms with van der Waals surface area (Å²) in [4.78, 5) is 35.3. The van der Waals surface area contributed by atoms with Gasteiger partial charge in [-0.3, -0.25) is 14.4 Å². The number of fused-ring (bicyclic) bond motifs is 1. The second-order valence-electron chi connectivity index (χ2n) is 7.32. The molecule has 1 saturated carbocycles. The van der Waals surface area contributed by atoms with E-state index in [1.54, 1.807) is 24.3 Å². The van der Waals surface area contributed by atoms with Gasteiger partial charge >= 0.3 is 5.97 Å². The summed E-state index contributed by atoms with van der Waals surface area (Å²) in [5, 5.41) is 8.93. The van der Waals surface area contributed by atoms with E-state index >= 15 is 0 Å². The molecule has 7 nitrogen and oxygen atoms in total. The Morgan fingerprint density at radius 2 is 1.89 bits per heavy atom. The molecule has 3 atom stereocenters. The Balaban J connectivity index is 1.46. The van der Waals surface area contributed by atoms with Crippen molar-refractivity contribution in [3.8, 4) is 0 Å². The first kappa shape index (κ1) is 19.4. The van der Waals surface area contributed by atoms with Gasteiger partial charge in [0.2, 0.25) is 11.8 Å². The SMILES string of the molecule is COC(=O)CNC(=O)Cc1ccc(NC(=O)C2CC3CCCCC3N2)cc1. The van der Waals surface area contributed by atoms with Crippen molar-refractivity contribution >= 4 is 23.5 Å². The van der Waals surface area contributed by atoms with Crippen molar-refractivity contribution < 1.29 is 19.1 Å². The third-order valence-electron chi connectivity index (χ3n) is 5.42. The molecule has 2 aliphatic rings. The van der Waals surface area contributed by atoms with Crippen LogP contribution in [0.4, 0.5) is 5.69 Å². The highest BCUT2D eigenvalue weighted by molar-refractivity contribution is 5.95. The summed E-state index contributed by atoms with van der Waals surface area (Å²) >= 11 is 0. The molecule has 1 aromatic carbocycles. The molecule has 7 heteroatoms. The van der Waals surface area contributed by atoms with Crippen LogP contribution in [0, 0.1) is 5.92 Å². The smallest absolute Gasteiger partial charge is 0.325 e. The number of benzene rings is 1. The lowest BCUT2D eigenvalue weighted by atomic mass is 9.85. The first-order chi connectivity index (χ1) is 13.0. The van der Waals surface area contributed by atoms with E-state index in [1.807, 2.05) is 0 Å². The molecular formula is C20H27N3O4. The lowest BCUT2D eigenvalue weighted by molar-refractivity contribution is -0.141. The number of carbonyl (C=O) groups is 3. The van der Waals surface area contributed by atoms with Crippen LogP contribution in [0.2, 0.25) is 0 Å². The van der Waals surface area contributed by atoms with Gasteiger partial charge in [0.05, 0.1) is 19.6 Å². The van der Waals surface area contributed by atoms with Crippen LogP contribution in [-0.2, 0) is 25.5 Å². The Kier molecular flexibility index (Phi) is 6.45. The van der Waals surface area contributed by atoms with Crippen molar-refractivity contribution in [3.63, 3.8) is 0 Å². The second kappa shape index (κ2) is 8.99. The number of amides is 2. The highest BCUT2D eigenvalue weighted by Crippen LogP contribution is 2.33. The Bertz CT molecular complexity index is 675. The van der Waals surface area contributed by atoms with E-state index < -0.39 is 5.97 Å². The molecule has 146 valence electrons. The number of carbonyl (C=O) groups excluding carboxylic acids is 3. The van der Waals surface area contributed by atoms with Gasteiger partial charge in [0.25, 0.3) is 0 Å². The highest BCUT2D eigenvalue weighted by atomic mass is 16.5. The third-order valence-corrected chi connectivity index (χ3v) is 5.42. The van der Waals surface area contributed by atoms with Gasteiger partial charge in [-0.05, 0) is 42.9 Å². The summed E-state index contributed by atoms with van der Waals surface area (Å²) in [6.45, 7) is -0.139. The van der Waals surface area contributed by atoms with Gasteiger partial charge in [-0.15, -0.1) is 0 Å². The Morgan fingerprint density at radius 3 is 2.59 bits per heavy atom. The maximum atomic E-state index is 12.5. The van der Waals surface area contributed by atoms with Crippen LogP contribution < -0.4 is 16.0 Å². The van der Waals surface area contributed by atoms with E-state index in [1.165, 1.54) is 32.8 Å². The number of methoxy groups -OCH3 is 1. The van der Waals surface area contributed by atoms with E-state index in [4.69, 9.17) is 0 Å². The molecule has 3 N–H and O–H groups in total. The summed E-state index contributed by atoms with van der Waals surface area (Å²) in [5.41, 5.74) is 1.52. The first-order valence-electron chi connectivity index (χ1n) is 9.54. The van der Waals surface area contributed by atoms with Crippen molar-refractivity contribution in [2.24, 2.45) is 5.92 Å². The van der Waals surface area contributed by atoms with E-state index in [0.29, 0.717) is 12.0 Å². The molecule has 2 fully saturated rings. The van der Waals surface area contributed by atoms with Crippen LogP contribution >= 0.6 is 0 Å². The van der Waals surface area contributed by atoms with Gasteiger partial charge in [-0.1, -0.05) is 25.0 Å². The van der Waals surface area contributed by atoms with Crippen LogP contribution in [0.3, 0.4) is 0 Å². The van der Waals surface area contributed by atoms with E-state index in [2.05, 4.69) is 20.7 Å². The number of rotatable bonds is 6. The van der Waals surface area contributed by atoms with E-state index in [-0.39, 0.29) is 30.8 Å². The zero-order valence-electron chi connectivity index (χ0n) is 15.6. The molecule has 0 aromatic heterocycles. The second-order valence-corrected chi connectivity index (χ2v) is 7.32. The third kappa shape index (κ3) is 5.29. The zero-order chi connectivity index (χ0) is 19.2. The van der Waals surface area contributed by atoms with Crippen molar-refractivity contribution in [1.82, 2.24) is 10.6 Å². The molecule has 3 rings (SSSR count). The molecule has 1 heterocycles. The molecule has 0 bridgehead atoms. The average Bonchev–Trinajstić information content (AvgIpc) is 3.12. The maximum absolute atomic E-state index is 12.5. The molecule has 3 unspecified atom stereocenters. The number of nitrogens with one attached hydrogen (secondary N) is 3. The van der Waals surface area contributed by atoms with Crippen molar-refractivity contribution in [2.75, 3.05) is 19.0 Å². The van der Waals surface area contributed by atoms with Crippen LogP contribution in [-0.4, -0.2) is 43.5 Å². The largest absolute Gasteiger partial charge is 0.468 e. The molecule has 27 heavy (non-hydrogen) atoms. The Hall–Kier alpha value is -2.41. The predicted molar refractivity (Wildman–Crippen MR) is 101 cm³/mol. The number of esters is 1.